The van der Waals surface area contributed by atoms with Crippen molar-refractivity contribution >= 4 is 11.8 Å². The molecular formula is C11H18N4O2S. The van der Waals surface area contributed by atoms with Crippen molar-refractivity contribution in [1.29, 1.82) is 0 Å². The lowest BCUT2D eigenvalue weighted by atomic mass is 10.1. The third kappa shape index (κ3) is 2.34. The molecule has 2 aliphatic rings. The van der Waals surface area contributed by atoms with Crippen molar-refractivity contribution < 1.29 is 5.11 Å². The zero-order valence-corrected chi connectivity index (χ0v) is 10.9. The zero-order chi connectivity index (χ0) is 12.7. The zero-order valence-electron chi connectivity index (χ0n) is 10.1. The Balaban J connectivity index is 1.75. The van der Waals surface area contributed by atoms with E-state index in [-0.39, 0.29) is 29.6 Å². The van der Waals surface area contributed by atoms with E-state index >= 15 is 0 Å². The molecule has 0 bridgehead atoms. The second-order valence-corrected chi connectivity index (χ2v) is 6.37. The smallest absolute Gasteiger partial charge is 0.344 e. The molecule has 2 saturated carbocycles. The van der Waals surface area contributed by atoms with Gasteiger partial charge >= 0.3 is 5.69 Å². The number of rotatable bonds is 6. The molecule has 7 heteroatoms. The van der Waals surface area contributed by atoms with E-state index in [0.29, 0.717) is 11.1 Å². The number of aromatic amines is 1. The van der Waals surface area contributed by atoms with Gasteiger partial charge in [-0.15, -0.1) is 5.10 Å². The van der Waals surface area contributed by atoms with Crippen molar-refractivity contribution in [2.24, 2.45) is 11.7 Å². The van der Waals surface area contributed by atoms with Gasteiger partial charge in [0, 0.05) is 12.1 Å². The minimum atomic E-state index is -0.156. The number of aliphatic hydroxyl groups excluding tert-OH is 1. The van der Waals surface area contributed by atoms with Gasteiger partial charge in [-0.05, 0) is 31.6 Å². The Bertz CT molecular complexity index is 478. The Hall–Kier alpha value is -0.790. The molecule has 3 rings (SSSR count). The Morgan fingerprint density at radius 1 is 1.50 bits per heavy atom. The van der Waals surface area contributed by atoms with Crippen LogP contribution in [0.3, 0.4) is 0 Å². The first kappa shape index (κ1) is 12.3. The van der Waals surface area contributed by atoms with E-state index in [4.69, 9.17) is 5.73 Å². The second kappa shape index (κ2) is 4.71. The highest BCUT2D eigenvalue weighted by molar-refractivity contribution is 7.99. The van der Waals surface area contributed by atoms with E-state index in [1.165, 1.54) is 11.8 Å². The quantitative estimate of drug-likeness (QED) is 0.637. The lowest BCUT2D eigenvalue weighted by molar-refractivity contribution is 0.277. The summed E-state index contributed by atoms with van der Waals surface area (Å²) in [7, 11) is 0. The van der Waals surface area contributed by atoms with Gasteiger partial charge in [0.2, 0.25) is 0 Å². The molecule has 0 radical (unpaired) electrons. The summed E-state index contributed by atoms with van der Waals surface area (Å²) in [6, 6.07) is 0.273. The number of nitrogens with one attached hydrogen (secondary N) is 1. The monoisotopic (exact) mass is 270 g/mol. The molecule has 0 spiro atoms. The normalized spacial score (nSPS) is 23.0. The highest BCUT2D eigenvalue weighted by Crippen LogP contribution is 2.40. The number of thioether (sulfide) groups is 1. The van der Waals surface area contributed by atoms with Crippen molar-refractivity contribution in [2.75, 3.05) is 6.61 Å². The lowest BCUT2D eigenvalue weighted by Gasteiger charge is -2.20. The molecule has 0 saturated heterocycles. The highest BCUT2D eigenvalue weighted by atomic mass is 32.2. The summed E-state index contributed by atoms with van der Waals surface area (Å²) in [5.41, 5.74) is 5.97. The Morgan fingerprint density at radius 3 is 2.78 bits per heavy atom. The Labute approximate surface area is 109 Å². The third-order valence-electron chi connectivity index (χ3n) is 3.62. The van der Waals surface area contributed by atoms with Crippen LogP contribution in [0.4, 0.5) is 0 Å². The fourth-order valence-corrected chi connectivity index (χ4v) is 3.35. The second-order valence-electron chi connectivity index (χ2n) is 5.17. The minimum Gasteiger partial charge on any atom is -0.395 e. The molecule has 1 aromatic rings. The molecular weight excluding hydrogens is 252 g/mol. The van der Waals surface area contributed by atoms with Crippen LogP contribution in [0.1, 0.15) is 31.7 Å². The molecule has 1 aromatic heterocycles. The molecule has 2 fully saturated rings. The summed E-state index contributed by atoms with van der Waals surface area (Å²) in [5, 5.41) is 16.6. The van der Waals surface area contributed by atoms with E-state index in [1.54, 1.807) is 4.57 Å². The van der Waals surface area contributed by atoms with E-state index in [2.05, 4.69) is 10.2 Å². The van der Waals surface area contributed by atoms with Gasteiger partial charge in [0.1, 0.15) is 0 Å². The van der Waals surface area contributed by atoms with Gasteiger partial charge in [-0.1, -0.05) is 11.8 Å². The summed E-state index contributed by atoms with van der Waals surface area (Å²) in [4.78, 5) is 11.6. The molecule has 2 aliphatic carbocycles. The molecule has 6 nitrogen and oxygen atoms in total. The van der Waals surface area contributed by atoms with Crippen LogP contribution in [-0.4, -0.2) is 37.8 Å². The van der Waals surface area contributed by atoms with Crippen LogP contribution < -0.4 is 11.4 Å². The SMILES string of the molecule is NC(C1CC1)C(CO)Sc1n[nH]c(=O)n1C1CC1. The van der Waals surface area contributed by atoms with Gasteiger partial charge < -0.3 is 10.8 Å². The standard InChI is InChI=1S/C11H18N4O2S/c12-9(6-1-2-6)8(5-16)18-11-14-13-10(17)15(11)7-3-4-7/h6-9,16H,1-5,12H2,(H,13,17). The van der Waals surface area contributed by atoms with Gasteiger partial charge in [-0.3, -0.25) is 4.57 Å². The van der Waals surface area contributed by atoms with Gasteiger partial charge in [0.25, 0.3) is 0 Å². The number of aliphatic hydroxyl groups is 1. The summed E-state index contributed by atoms with van der Waals surface area (Å²) >= 11 is 1.43. The van der Waals surface area contributed by atoms with Gasteiger partial charge in [-0.2, -0.15) is 0 Å². The predicted molar refractivity (Wildman–Crippen MR) is 68.5 cm³/mol. The lowest BCUT2D eigenvalue weighted by Crippen LogP contribution is -2.37. The van der Waals surface area contributed by atoms with Crippen molar-refractivity contribution in [2.45, 2.75) is 48.2 Å². The fourth-order valence-electron chi connectivity index (χ4n) is 2.19. The van der Waals surface area contributed by atoms with Crippen molar-refractivity contribution in [3.63, 3.8) is 0 Å². The van der Waals surface area contributed by atoms with Crippen LogP contribution in [0.2, 0.25) is 0 Å². The van der Waals surface area contributed by atoms with Crippen LogP contribution in [-0.2, 0) is 0 Å². The molecule has 0 amide bonds. The molecule has 4 N–H and O–H groups in total. The Kier molecular flexibility index (Phi) is 3.21. The van der Waals surface area contributed by atoms with Gasteiger partial charge in [0.05, 0.1) is 11.9 Å². The first-order valence-electron chi connectivity index (χ1n) is 6.40. The maximum Gasteiger partial charge on any atom is 0.344 e. The van der Waals surface area contributed by atoms with Crippen LogP contribution in [0.5, 0.6) is 0 Å². The maximum absolute atomic E-state index is 11.6. The summed E-state index contributed by atoms with van der Waals surface area (Å²) < 4.78 is 1.70. The van der Waals surface area contributed by atoms with Crippen LogP contribution in [0.15, 0.2) is 9.95 Å². The van der Waals surface area contributed by atoms with Crippen molar-refractivity contribution in [3.05, 3.63) is 10.5 Å². The molecule has 100 valence electrons. The molecule has 0 aliphatic heterocycles. The minimum absolute atomic E-state index is 0.0144. The summed E-state index contributed by atoms with van der Waals surface area (Å²) in [6.07, 6.45) is 4.36. The number of H-pyrrole nitrogens is 1. The topological polar surface area (TPSA) is 96.9 Å². The highest BCUT2D eigenvalue weighted by Gasteiger charge is 2.36. The average Bonchev–Trinajstić information content (AvgIpc) is 3.25. The predicted octanol–water partition coefficient (Wildman–Crippen LogP) is 0.0966. The number of nitrogens with two attached hydrogens (primary N) is 1. The largest absolute Gasteiger partial charge is 0.395 e. The van der Waals surface area contributed by atoms with E-state index in [0.717, 1.165) is 25.7 Å². The number of hydrogen-bond acceptors (Lipinski definition) is 5. The number of hydrogen-bond donors (Lipinski definition) is 3. The van der Waals surface area contributed by atoms with Crippen LogP contribution >= 0.6 is 11.8 Å². The van der Waals surface area contributed by atoms with Crippen LogP contribution in [0, 0.1) is 5.92 Å². The Morgan fingerprint density at radius 2 is 2.22 bits per heavy atom. The van der Waals surface area contributed by atoms with Crippen molar-refractivity contribution in [1.82, 2.24) is 14.8 Å². The average molecular weight is 270 g/mol. The molecule has 0 aromatic carbocycles. The summed E-state index contributed by atoms with van der Waals surface area (Å²) in [5.74, 6) is 0.523. The maximum atomic E-state index is 11.6. The number of aromatic nitrogens is 3. The molecule has 18 heavy (non-hydrogen) atoms. The fraction of sp³-hybridized carbons (Fsp3) is 0.818. The molecule has 2 unspecified atom stereocenters. The van der Waals surface area contributed by atoms with Gasteiger partial charge in [0.15, 0.2) is 5.16 Å². The number of nitrogens with zero attached hydrogens (tertiary/aromatic N) is 2. The van der Waals surface area contributed by atoms with E-state index in [1.807, 2.05) is 0 Å². The summed E-state index contributed by atoms with van der Waals surface area (Å²) in [6.45, 7) is 0.0219. The third-order valence-corrected chi connectivity index (χ3v) is 4.88. The van der Waals surface area contributed by atoms with E-state index in [9.17, 15) is 9.90 Å². The molecule has 2 atom stereocenters. The van der Waals surface area contributed by atoms with E-state index < -0.39 is 0 Å². The first-order valence-corrected chi connectivity index (χ1v) is 7.28. The van der Waals surface area contributed by atoms with Gasteiger partial charge in [-0.25, -0.2) is 9.89 Å². The van der Waals surface area contributed by atoms with Crippen LogP contribution in [0.25, 0.3) is 0 Å². The van der Waals surface area contributed by atoms with Crippen molar-refractivity contribution in [3.8, 4) is 0 Å². The molecule has 1 heterocycles. The first-order chi connectivity index (χ1) is 8.70.